The van der Waals surface area contributed by atoms with E-state index in [4.69, 9.17) is 4.74 Å². The molecule has 2 aromatic carbocycles. The van der Waals surface area contributed by atoms with Gasteiger partial charge in [0.25, 0.3) is 0 Å². The number of guanidine groups is 1. The van der Waals surface area contributed by atoms with Crippen LogP contribution in [0.2, 0.25) is 0 Å². The van der Waals surface area contributed by atoms with E-state index < -0.39 is 0 Å². The summed E-state index contributed by atoms with van der Waals surface area (Å²) in [5.74, 6) is 1.65. The summed E-state index contributed by atoms with van der Waals surface area (Å²) in [7, 11) is 3.33. The third-order valence-electron chi connectivity index (χ3n) is 4.51. The second-order valence-corrected chi connectivity index (χ2v) is 6.74. The normalized spacial score (nSPS) is 12.2. The third kappa shape index (κ3) is 6.95. The van der Waals surface area contributed by atoms with E-state index in [-0.39, 0.29) is 12.5 Å². The van der Waals surface area contributed by atoms with Crippen molar-refractivity contribution in [2.24, 2.45) is 4.99 Å². The third-order valence-corrected chi connectivity index (χ3v) is 4.51. The lowest BCUT2D eigenvalue weighted by molar-refractivity contribution is -0.120. The number of aryl methyl sites for hydroxylation is 1. The zero-order valence-corrected chi connectivity index (χ0v) is 17.1. The number of methoxy groups -OCH3 is 1. The fourth-order valence-corrected chi connectivity index (χ4v) is 2.65. The Kier molecular flexibility index (Phi) is 8.34. The molecule has 2 rings (SSSR count). The van der Waals surface area contributed by atoms with Gasteiger partial charge < -0.3 is 20.7 Å². The van der Waals surface area contributed by atoms with Gasteiger partial charge in [-0.25, -0.2) is 0 Å². The van der Waals surface area contributed by atoms with Gasteiger partial charge in [0.1, 0.15) is 5.75 Å². The lowest BCUT2D eigenvalue weighted by Crippen LogP contribution is -2.43. The van der Waals surface area contributed by atoms with Gasteiger partial charge in [0.05, 0.1) is 13.7 Å². The summed E-state index contributed by atoms with van der Waals surface area (Å²) in [5.41, 5.74) is 3.54. The van der Waals surface area contributed by atoms with Crippen LogP contribution in [0, 0.1) is 6.92 Å². The highest BCUT2D eigenvalue weighted by atomic mass is 16.5. The second-order valence-electron chi connectivity index (χ2n) is 6.74. The monoisotopic (exact) mass is 382 g/mol. The molecule has 1 unspecified atom stereocenters. The molecule has 2 aromatic rings. The van der Waals surface area contributed by atoms with Crippen LogP contribution in [0.5, 0.6) is 5.75 Å². The lowest BCUT2D eigenvalue weighted by atomic mass is 10.0. The van der Waals surface area contributed by atoms with E-state index in [1.165, 1.54) is 11.1 Å². The van der Waals surface area contributed by atoms with E-state index in [1.54, 1.807) is 14.2 Å². The maximum absolute atomic E-state index is 12.1. The molecule has 0 saturated carbocycles. The molecular weight excluding hydrogens is 352 g/mol. The van der Waals surface area contributed by atoms with Crippen LogP contribution in [0.3, 0.4) is 0 Å². The summed E-state index contributed by atoms with van der Waals surface area (Å²) in [6, 6.07) is 16.1. The van der Waals surface area contributed by atoms with E-state index in [2.05, 4.69) is 59.1 Å². The first-order chi connectivity index (χ1) is 13.5. The number of hydrogen-bond donors (Lipinski definition) is 3. The first-order valence-corrected chi connectivity index (χ1v) is 9.42. The number of nitrogens with one attached hydrogen (secondary N) is 3. The molecule has 3 N–H and O–H groups in total. The van der Waals surface area contributed by atoms with Gasteiger partial charge >= 0.3 is 0 Å². The zero-order valence-electron chi connectivity index (χ0n) is 17.1. The Morgan fingerprint density at radius 2 is 1.71 bits per heavy atom. The minimum absolute atomic E-state index is 0.0923. The Bertz CT molecular complexity index is 770. The van der Waals surface area contributed by atoms with E-state index in [9.17, 15) is 4.79 Å². The van der Waals surface area contributed by atoms with Gasteiger partial charge in [-0.3, -0.25) is 9.79 Å². The number of ether oxygens (including phenoxy) is 1. The van der Waals surface area contributed by atoms with Crippen molar-refractivity contribution in [1.29, 1.82) is 0 Å². The van der Waals surface area contributed by atoms with E-state index in [0.29, 0.717) is 18.4 Å². The van der Waals surface area contributed by atoms with Gasteiger partial charge in [-0.2, -0.15) is 0 Å². The van der Waals surface area contributed by atoms with Gasteiger partial charge in [-0.15, -0.1) is 0 Å². The highest BCUT2D eigenvalue weighted by Gasteiger charge is 2.08. The summed E-state index contributed by atoms with van der Waals surface area (Å²) in [5, 5.41) is 9.20. The molecule has 28 heavy (non-hydrogen) atoms. The summed E-state index contributed by atoms with van der Waals surface area (Å²) in [6.45, 7) is 5.61. The predicted molar refractivity (Wildman–Crippen MR) is 114 cm³/mol. The molecule has 150 valence electrons. The molecule has 0 bridgehead atoms. The van der Waals surface area contributed by atoms with Crippen molar-refractivity contribution < 1.29 is 9.53 Å². The quantitative estimate of drug-likeness (QED) is 0.485. The van der Waals surface area contributed by atoms with Gasteiger partial charge in [0.2, 0.25) is 5.91 Å². The maximum atomic E-state index is 12.1. The van der Waals surface area contributed by atoms with Crippen LogP contribution in [0.1, 0.15) is 29.5 Å². The Hall–Kier alpha value is -3.02. The maximum Gasteiger partial charge on any atom is 0.239 e. The standard InChI is InChI=1S/C22H30N4O2/c1-16-5-9-19(10-6-16)17(2)13-25-22(23-3)26-15-21(27)24-14-18-7-11-20(28-4)12-8-18/h5-12,17H,13-15H2,1-4H3,(H,24,27)(H2,23,25,26). The topological polar surface area (TPSA) is 74.8 Å². The minimum atomic E-state index is -0.0923. The molecule has 0 aliphatic rings. The molecule has 6 heteroatoms. The number of carbonyl (C=O) groups is 1. The van der Waals surface area contributed by atoms with Crippen molar-refractivity contribution in [2.45, 2.75) is 26.3 Å². The predicted octanol–water partition coefficient (Wildman–Crippen LogP) is 2.59. The van der Waals surface area contributed by atoms with E-state index >= 15 is 0 Å². The van der Waals surface area contributed by atoms with Crippen LogP contribution in [-0.2, 0) is 11.3 Å². The number of carbonyl (C=O) groups excluding carboxylic acids is 1. The van der Waals surface area contributed by atoms with Gasteiger partial charge in [0, 0.05) is 20.1 Å². The molecular formula is C22H30N4O2. The molecule has 1 atom stereocenters. The molecule has 0 saturated heterocycles. The Balaban J connectivity index is 1.71. The largest absolute Gasteiger partial charge is 0.497 e. The van der Waals surface area contributed by atoms with Crippen LogP contribution in [0.4, 0.5) is 0 Å². The van der Waals surface area contributed by atoms with Crippen LogP contribution in [0.15, 0.2) is 53.5 Å². The summed E-state index contributed by atoms with van der Waals surface area (Å²) in [6.07, 6.45) is 0. The van der Waals surface area contributed by atoms with Gasteiger partial charge in [0.15, 0.2) is 5.96 Å². The molecule has 1 amide bonds. The second kappa shape index (κ2) is 11.0. The summed E-state index contributed by atoms with van der Waals surface area (Å²) >= 11 is 0. The summed E-state index contributed by atoms with van der Waals surface area (Å²) in [4.78, 5) is 16.2. The molecule has 0 aromatic heterocycles. The fraction of sp³-hybridized carbons (Fsp3) is 0.364. The van der Waals surface area contributed by atoms with Crippen molar-refractivity contribution in [2.75, 3.05) is 27.2 Å². The van der Waals surface area contributed by atoms with E-state index in [0.717, 1.165) is 17.9 Å². The Morgan fingerprint density at radius 3 is 2.32 bits per heavy atom. The van der Waals surface area contributed by atoms with E-state index in [1.807, 2.05) is 24.3 Å². The summed E-state index contributed by atoms with van der Waals surface area (Å²) < 4.78 is 5.13. The average molecular weight is 383 g/mol. The first kappa shape index (κ1) is 21.3. The minimum Gasteiger partial charge on any atom is -0.497 e. The Labute approximate surface area is 167 Å². The lowest BCUT2D eigenvalue weighted by Gasteiger charge is -2.16. The average Bonchev–Trinajstić information content (AvgIpc) is 2.73. The molecule has 0 fully saturated rings. The SMILES string of the molecule is CN=C(NCC(=O)NCc1ccc(OC)cc1)NCC(C)c1ccc(C)cc1. The van der Waals surface area contributed by atoms with Crippen LogP contribution >= 0.6 is 0 Å². The van der Waals surface area contributed by atoms with Crippen molar-refractivity contribution in [3.8, 4) is 5.75 Å². The smallest absolute Gasteiger partial charge is 0.239 e. The molecule has 0 spiro atoms. The van der Waals surface area contributed by atoms with Gasteiger partial charge in [-0.1, -0.05) is 48.9 Å². The molecule has 0 radical (unpaired) electrons. The van der Waals surface area contributed by atoms with Gasteiger partial charge in [-0.05, 0) is 36.1 Å². The molecule has 0 aliphatic carbocycles. The number of benzene rings is 2. The van der Waals surface area contributed by atoms with Crippen LogP contribution < -0.4 is 20.7 Å². The molecule has 0 aliphatic heterocycles. The molecule has 0 heterocycles. The molecule has 6 nitrogen and oxygen atoms in total. The van der Waals surface area contributed by atoms with Crippen molar-refractivity contribution >= 4 is 11.9 Å². The number of hydrogen-bond acceptors (Lipinski definition) is 3. The highest BCUT2D eigenvalue weighted by Crippen LogP contribution is 2.14. The van der Waals surface area contributed by atoms with Crippen LogP contribution in [-0.4, -0.2) is 39.1 Å². The first-order valence-electron chi connectivity index (χ1n) is 9.42. The number of amides is 1. The number of rotatable bonds is 8. The van der Waals surface area contributed by atoms with Crippen molar-refractivity contribution in [3.63, 3.8) is 0 Å². The van der Waals surface area contributed by atoms with Crippen LogP contribution in [0.25, 0.3) is 0 Å². The zero-order chi connectivity index (χ0) is 20.4. The number of nitrogens with zero attached hydrogens (tertiary/aromatic N) is 1. The van der Waals surface area contributed by atoms with Crippen molar-refractivity contribution in [1.82, 2.24) is 16.0 Å². The van der Waals surface area contributed by atoms with Crippen molar-refractivity contribution in [3.05, 3.63) is 65.2 Å². The number of aliphatic imine (C=N–C) groups is 1. The Morgan fingerprint density at radius 1 is 1.04 bits per heavy atom. The highest BCUT2D eigenvalue weighted by molar-refractivity contribution is 5.86. The fourth-order valence-electron chi connectivity index (χ4n) is 2.65.